The highest BCUT2D eigenvalue weighted by Crippen LogP contribution is 2.27. The maximum absolute atomic E-state index is 12.3. The Labute approximate surface area is 160 Å². The molecule has 0 bridgehead atoms. The molecule has 0 atom stereocenters. The summed E-state index contributed by atoms with van der Waals surface area (Å²) >= 11 is 0. The molecular formula is C21H19NO6. The van der Waals surface area contributed by atoms with Gasteiger partial charge in [0.2, 0.25) is 0 Å². The Morgan fingerprint density at radius 1 is 1.21 bits per heavy atom. The summed E-state index contributed by atoms with van der Waals surface area (Å²) in [4.78, 5) is 34.5. The molecule has 3 rings (SSSR count). The molecule has 0 amide bonds. The highest BCUT2D eigenvalue weighted by molar-refractivity contribution is 5.90. The van der Waals surface area contributed by atoms with Crippen molar-refractivity contribution in [1.29, 1.82) is 0 Å². The Balaban J connectivity index is 1.92. The number of esters is 1. The summed E-state index contributed by atoms with van der Waals surface area (Å²) in [6.45, 7) is 5.93. The molecule has 0 saturated carbocycles. The number of fused-ring (bicyclic) bond motifs is 1. The van der Waals surface area contributed by atoms with E-state index in [9.17, 15) is 19.7 Å². The standard InChI is InChI=1S/C21H19NO6/c1-12(2)17-10-18-15(9-20(23)28-19(18)7-13(17)3)11-27-21(24)14-5-4-6-16(8-14)22(25)26/h4-10,12H,11H2,1-3H3. The van der Waals surface area contributed by atoms with Crippen LogP contribution >= 0.6 is 0 Å². The number of carbonyl (C=O) groups excluding carboxylic acids is 1. The minimum Gasteiger partial charge on any atom is -0.457 e. The fraction of sp³-hybridized carbons (Fsp3) is 0.238. The number of hydrogen-bond donors (Lipinski definition) is 0. The van der Waals surface area contributed by atoms with Crippen molar-refractivity contribution in [3.05, 3.63) is 85.3 Å². The van der Waals surface area contributed by atoms with Crippen LogP contribution in [0.1, 0.15) is 46.8 Å². The summed E-state index contributed by atoms with van der Waals surface area (Å²) in [6.07, 6.45) is 0. The molecule has 0 radical (unpaired) electrons. The van der Waals surface area contributed by atoms with E-state index in [1.807, 2.05) is 13.0 Å². The molecule has 7 heteroatoms. The zero-order valence-electron chi connectivity index (χ0n) is 15.7. The maximum atomic E-state index is 12.3. The van der Waals surface area contributed by atoms with Gasteiger partial charge in [0, 0.05) is 29.1 Å². The van der Waals surface area contributed by atoms with Crippen LogP contribution in [0, 0.1) is 17.0 Å². The van der Waals surface area contributed by atoms with E-state index < -0.39 is 16.5 Å². The largest absolute Gasteiger partial charge is 0.457 e. The van der Waals surface area contributed by atoms with Gasteiger partial charge in [-0.25, -0.2) is 9.59 Å². The summed E-state index contributed by atoms with van der Waals surface area (Å²) in [5.74, 6) is -0.433. The van der Waals surface area contributed by atoms with Crippen LogP contribution in [0.25, 0.3) is 11.0 Å². The van der Waals surface area contributed by atoms with Crippen molar-refractivity contribution in [2.45, 2.75) is 33.3 Å². The van der Waals surface area contributed by atoms with Crippen LogP contribution in [0.15, 0.2) is 51.7 Å². The van der Waals surface area contributed by atoms with Crippen molar-refractivity contribution in [3.63, 3.8) is 0 Å². The first kappa shape index (κ1) is 19.3. The van der Waals surface area contributed by atoms with Crippen LogP contribution in [0.5, 0.6) is 0 Å². The summed E-state index contributed by atoms with van der Waals surface area (Å²) in [5.41, 5.74) is 2.40. The monoisotopic (exact) mass is 381 g/mol. The lowest BCUT2D eigenvalue weighted by molar-refractivity contribution is -0.384. The topological polar surface area (TPSA) is 99.7 Å². The molecule has 2 aromatic carbocycles. The molecule has 0 unspecified atom stereocenters. The Morgan fingerprint density at radius 2 is 1.96 bits per heavy atom. The number of hydrogen-bond acceptors (Lipinski definition) is 6. The fourth-order valence-electron chi connectivity index (χ4n) is 3.11. The van der Waals surface area contributed by atoms with Gasteiger partial charge in [0.15, 0.2) is 0 Å². The second-order valence-corrected chi connectivity index (χ2v) is 6.83. The third-order valence-corrected chi connectivity index (χ3v) is 4.49. The van der Waals surface area contributed by atoms with Crippen molar-refractivity contribution in [3.8, 4) is 0 Å². The highest BCUT2D eigenvalue weighted by Gasteiger charge is 2.15. The van der Waals surface area contributed by atoms with Gasteiger partial charge in [0.05, 0.1) is 10.5 Å². The normalized spacial score (nSPS) is 11.0. The molecule has 0 aliphatic rings. The number of aryl methyl sites for hydroxylation is 1. The van der Waals surface area contributed by atoms with E-state index in [-0.39, 0.29) is 23.8 Å². The number of nitro benzene ring substituents is 1. The first-order chi connectivity index (χ1) is 13.3. The smallest absolute Gasteiger partial charge is 0.338 e. The van der Waals surface area contributed by atoms with Gasteiger partial charge >= 0.3 is 11.6 Å². The van der Waals surface area contributed by atoms with Gasteiger partial charge in [-0.05, 0) is 42.2 Å². The molecule has 1 aromatic heterocycles. The first-order valence-corrected chi connectivity index (χ1v) is 8.75. The van der Waals surface area contributed by atoms with E-state index in [4.69, 9.17) is 9.15 Å². The Kier molecular flexibility index (Phi) is 5.26. The van der Waals surface area contributed by atoms with Crippen LogP contribution < -0.4 is 5.63 Å². The van der Waals surface area contributed by atoms with Gasteiger partial charge in [-0.1, -0.05) is 19.9 Å². The Hall–Kier alpha value is -3.48. The minimum atomic E-state index is -0.707. The third-order valence-electron chi connectivity index (χ3n) is 4.49. The number of nitro groups is 1. The van der Waals surface area contributed by atoms with Crippen LogP contribution in [0.3, 0.4) is 0 Å². The molecule has 0 spiro atoms. The molecule has 3 aromatic rings. The second-order valence-electron chi connectivity index (χ2n) is 6.83. The van der Waals surface area contributed by atoms with Crippen LogP contribution in [0.2, 0.25) is 0 Å². The minimum absolute atomic E-state index is 0.0696. The fourth-order valence-corrected chi connectivity index (χ4v) is 3.11. The van der Waals surface area contributed by atoms with E-state index in [0.717, 1.165) is 17.2 Å². The summed E-state index contributed by atoms with van der Waals surface area (Å²) in [7, 11) is 0. The molecule has 0 saturated heterocycles. The summed E-state index contributed by atoms with van der Waals surface area (Å²) in [5, 5.41) is 11.6. The van der Waals surface area contributed by atoms with E-state index >= 15 is 0 Å². The lowest BCUT2D eigenvalue weighted by Crippen LogP contribution is -2.08. The molecule has 144 valence electrons. The highest BCUT2D eigenvalue weighted by atomic mass is 16.6. The van der Waals surface area contributed by atoms with Crippen molar-refractivity contribution >= 4 is 22.6 Å². The molecule has 7 nitrogen and oxygen atoms in total. The first-order valence-electron chi connectivity index (χ1n) is 8.75. The van der Waals surface area contributed by atoms with E-state index in [0.29, 0.717) is 16.5 Å². The molecule has 0 aliphatic heterocycles. The van der Waals surface area contributed by atoms with E-state index in [1.165, 1.54) is 24.3 Å². The summed E-state index contributed by atoms with van der Waals surface area (Å²) < 4.78 is 10.6. The third kappa shape index (κ3) is 3.93. The van der Waals surface area contributed by atoms with Gasteiger partial charge in [0.1, 0.15) is 12.2 Å². The Bertz CT molecular complexity index is 1130. The number of rotatable bonds is 5. The SMILES string of the molecule is Cc1cc2oc(=O)cc(COC(=O)c3cccc([N+](=O)[O-])c3)c2cc1C(C)C. The second kappa shape index (κ2) is 7.64. The number of benzene rings is 2. The average molecular weight is 381 g/mol. The quantitative estimate of drug-likeness (QED) is 0.279. The molecule has 1 heterocycles. The van der Waals surface area contributed by atoms with Gasteiger partial charge in [-0.3, -0.25) is 10.1 Å². The summed E-state index contributed by atoms with van der Waals surface area (Å²) in [6, 6.07) is 10.3. The molecule has 0 aliphatic carbocycles. The van der Waals surface area contributed by atoms with Crippen molar-refractivity contribution < 1.29 is 18.9 Å². The predicted octanol–water partition coefficient (Wildman–Crippen LogP) is 4.49. The number of non-ortho nitro benzene ring substituents is 1. The number of nitrogens with zero attached hydrogens (tertiary/aromatic N) is 1. The molecule has 0 fully saturated rings. The number of ether oxygens (including phenoxy) is 1. The van der Waals surface area contributed by atoms with Crippen molar-refractivity contribution in [2.24, 2.45) is 0 Å². The van der Waals surface area contributed by atoms with E-state index in [1.54, 1.807) is 6.07 Å². The van der Waals surface area contributed by atoms with Gasteiger partial charge in [-0.2, -0.15) is 0 Å². The van der Waals surface area contributed by atoms with Crippen molar-refractivity contribution in [2.75, 3.05) is 0 Å². The predicted molar refractivity (Wildman–Crippen MR) is 104 cm³/mol. The van der Waals surface area contributed by atoms with Gasteiger partial charge in [-0.15, -0.1) is 0 Å². The number of carbonyl (C=O) groups is 1. The van der Waals surface area contributed by atoms with Crippen LogP contribution in [0.4, 0.5) is 5.69 Å². The van der Waals surface area contributed by atoms with Crippen LogP contribution in [-0.2, 0) is 11.3 Å². The molecule has 28 heavy (non-hydrogen) atoms. The zero-order valence-corrected chi connectivity index (χ0v) is 15.7. The van der Waals surface area contributed by atoms with Crippen LogP contribution in [-0.4, -0.2) is 10.9 Å². The van der Waals surface area contributed by atoms with E-state index in [2.05, 4.69) is 13.8 Å². The Morgan fingerprint density at radius 3 is 2.64 bits per heavy atom. The lowest BCUT2D eigenvalue weighted by Gasteiger charge is -2.13. The average Bonchev–Trinajstić information content (AvgIpc) is 2.64. The molecule has 0 N–H and O–H groups in total. The van der Waals surface area contributed by atoms with Gasteiger partial charge in [0.25, 0.3) is 5.69 Å². The van der Waals surface area contributed by atoms with Gasteiger partial charge < -0.3 is 9.15 Å². The maximum Gasteiger partial charge on any atom is 0.338 e. The zero-order chi connectivity index (χ0) is 20.4. The van der Waals surface area contributed by atoms with Crippen molar-refractivity contribution in [1.82, 2.24) is 0 Å². The lowest BCUT2D eigenvalue weighted by atomic mass is 9.95. The molecular weight excluding hydrogens is 362 g/mol.